The number of nitrogens with zero attached hydrogens (tertiary/aromatic N) is 2. The fraction of sp³-hybridized carbons (Fsp3) is 0.100. The number of Topliss-reactive ketones (excluding diaryl/α,β-unsaturated/α-hetero) is 1. The molecule has 0 aliphatic heterocycles. The standard InChI is InChI=1S/C20H19N5O2/c1-13(26)15-5-3-6-16(11-15)24-20-21-10-9-19(25-20)23-18-8-4-7-17(12-18)22-14(2)27/h3-12H,1-2H3,(H,22,27)(H2,21,23,24,25). The van der Waals surface area contributed by atoms with Crippen molar-refractivity contribution in [3.05, 3.63) is 66.4 Å². The van der Waals surface area contributed by atoms with Crippen molar-refractivity contribution in [2.75, 3.05) is 16.0 Å². The van der Waals surface area contributed by atoms with Gasteiger partial charge in [-0.3, -0.25) is 9.59 Å². The first-order valence-electron chi connectivity index (χ1n) is 8.35. The van der Waals surface area contributed by atoms with Gasteiger partial charge in [-0.1, -0.05) is 18.2 Å². The van der Waals surface area contributed by atoms with E-state index in [1.165, 1.54) is 13.8 Å². The molecule has 3 N–H and O–H groups in total. The normalized spacial score (nSPS) is 10.1. The minimum Gasteiger partial charge on any atom is -0.340 e. The van der Waals surface area contributed by atoms with E-state index in [2.05, 4.69) is 25.9 Å². The molecule has 0 bridgehead atoms. The van der Waals surface area contributed by atoms with E-state index in [1.807, 2.05) is 30.3 Å². The molecule has 0 atom stereocenters. The third-order valence-corrected chi connectivity index (χ3v) is 3.64. The molecule has 0 fully saturated rings. The summed E-state index contributed by atoms with van der Waals surface area (Å²) < 4.78 is 0. The summed E-state index contributed by atoms with van der Waals surface area (Å²) in [5.41, 5.74) is 2.82. The van der Waals surface area contributed by atoms with Crippen LogP contribution in [0.3, 0.4) is 0 Å². The topological polar surface area (TPSA) is 96.0 Å². The summed E-state index contributed by atoms with van der Waals surface area (Å²) in [4.78, 5) is 31.3. The molecule has 1 aromatic heterocycles. The van der Waals surface area contributed by atoms with Crippen LogP contribution in [0.4, 0.5) is 28.8 Å². The highest BCUT2D eigenvalue weighted by Gasteiger charge is 2.04. The largest absolute Gasteiger partial charge is 0.340 e. The zero-order valence-corrected chi connectivity index (χ0v) is 15.0. The molecule has 1 heterocycles. The number of nitrogens with one attached hydrogen (secondary N) is 3. The number of benzene rings is 2. The highest BCUT2D eigenvalue weighted by Crippen LogP contribution is 2.21. The maximum atomic E-state index is 11.5. The maximum absolute atomic E-state index is 11.5. The summed E-state index contributed by atoms with van der Waals surface area (Å²) in [5.74, 6) is 0.858. The Labute approximate surface area is 156 Å². The molecule has 0 aliphatic rings. The molecule has 0 radical (unpaired) electrons. The van der Waals surface area contributed by atoms with Crippen LogP contribution in [0.2, 0.25) is 0 Å². The maximum Gasteiger partial charge on any atom is 0.229 e. The van der Waals surface area contributed by atoms with Gasteiger partial charge in [-0.05, 0) is 43.3 Å². The van der Waals surface area contributed by atoms with Crippen molar-refractivity contribution >= 4 is 40.5 Å². The van der Waals surface area contributed by atoms with Crippen LogP contribution in [0.1, 0.15) is 24.2 Å². The Morgan fingerprint density at radius 2 is 1.56 bits per heavy atom. The molecule has 1 amide bonds. The lowest BCUT2D eigenvalue weighted by Crippen LogP contribution is -2.06. The second-order valence-electron chi connectivity index (χ2n) is 5.91. The lowest BCUT2D eigenvalue weighted by Gasteiger charge is -2.10. The highest BCUT2D eigenvalue weighted by molar-refractivity contribution is 5.95. The third kappa shape index (κ3) is 5.12. The van der Waals surface area contributed by atoms with E-state index in [9.17, 15) is 9.59 Å². The van der Waals surface area contributed by atoms with Crippen LogP contribution in [0.25, 0.3) is 0 Å². The van der Waals surface area contributed by atoms with Crippen molar-refractivity contribution in [3.8, 4) is 0 Å². The van der Waals surface area contributed by atoms with E-state index in [0.717, 1.165) is 11.4 Å². The second-order valence-corrected chi connectivity index (χ2v) is 5.91. The first kappa shape index (κ1) is 18.1. The first-order chi connectivity index (χ1) is 13.0. The van der Waals surface area contributed by atoms with E-state index in [0.29, 0.717) is 23.0 Å². The molecule has 136 valence electrons. The molecular formula is C20H19N5O2. The van der Waals surface area contributed by atoms with E-state index in [-0.39, 0.29) is 11.7 Å². The van der Waals surface area contributed by atoms with Gasteiger partial charge in [-0.2, -0.15) is 4.98 Å². The Hall–Kier alpha value is -3.74. The zero-order valence-electron chi connectivity index (χ0n) is 15.0. The molecule has 7 nitrogen and oxygen atoms in total. The van der Waals surface area contributed by atoms with Gasteiger partial charge in [-0.15, -0.1) is 0 Å². The molecule has 0 aliphatic carbocycles. The number of hydrogen-bond acceptors (Lipinski definition) is 6. The monoisotopic (exact) mass is 361 g/mol. The molecule has 0 saturated carbocycles. The number of amides is 1. The summed E-state index contributed by atoms with van der Waals surface area (Å²) >= 11 is 0. The number of hydrogen-bond donors (Lipinski definition) is 3. The predicted octanol–water partition coefficient (Wildman–Crippen LogP) is 4.12. The summed E-state index contributed by atoms with van der Waals surface area (Å²) in [6.45, 7) is 2.98. The zero-order chi connectivity index (χ0) is 19.2. The molecule has 3 rings (SSSR count). The molecule has 27 heavy (non-hydrogen) atoms. The first-order valence-corrected chi connectivity index (χ1v) is 8.35. The van der Waals surface area contributed by atoms with Gasteiger partial charge in [0.2, 0.25) is 11.9 Å². The van der Waals surface area contributed by atoms with Gasteiger partial charge in [0, 0.05) is 35.7 Å². The molecule has 0 unspecified atom stereocenters. The van der Waals surface area contributed by atoms with E-state index < -0.39 is 0 Å². The molecule has 7 heteroatoms. The molecule has 2 aromatic carbocycles. The van der Waals surface area contributed by atoms with Crippen molar-refractivity contribution in [2.24, 2.45) is 0 Å². The van der Waals surface area contributed by atoms with Crippen LogP contribution in [-0.2, 0) is 4.79 Å². The Balaban J connectivity index is 1.75. The average Bonchev–Trinajstić information content (AvgIpc) is 2.62. The van der Waals surface area contributed by atoms with Crippen molar-refractivity contribution in [1.82, 2.24) is 9.97 Å². The molecule has 0 saturated heterocycles. The van der Waals surface area contributed by atoms with E-state index in [4.69, 9.17) is 0 Å². The molecule has 0 spiro atoms. The fourth-order valence-electron chi connectivity index (χ4n) is 2.46. The Bertz CT molecular complexity index is 987. The van der Waals surface area contributed by atoms with Crippen LogP contribution >= 0.6 is 0 Å². The number of rotatable bonds is 6. The van der Waals surface area contributed by atoms with Gasteiger partial charge in [0.1, 0.15) is 5.82 Å². The van der Waals surface area contributed by atoms with Crippen LogP contribution in [-0.4, -0.2) is 21.7 Å². The number of ketones is 1. The second kappa shape index (κ2) is 8.09. The number of carbonyl (C=O) groups is 2. The Morgan fingerprint density at radius 3 is 2.30 bits per heavy atom. The summed E-state index contributed by atoms with van der Waals surface area (Å²) in [5, 5.41) is 9.01. The number of carbonyl (C=O) groups excluding carboxylic acids is 2. The quantitative estimate of drug-likeness (QED) is 0.572. The van der Waals surface area contributed by atoms with Crippen LogP contribution in [0.15, 0.2) is 60.8 Å². The summed E-state index contributed by atoms with van der Waals surface area (Å²) in [6.07, 6.45) is 1.63. The van der Waals surface area contributed by atoms with Crippen molar-refractivity contribution < 1.29 is 9.59 Å². The van der Waals surface area contributed by atoms with Gasteiger partial charge in [0.05, 0.1) is 0 Å². The predicted molar refractivity (Wildman–Crippen MR) is 106 cm³/mol. The highest BCUT2D eigenvalue weighted by atomic mass is 16.1. The van der Waals surface area contributed by atoms with Crippen LogP contribution in [0.5, 0.6) is 0 Å². The van der Waals surface area contributed by atoms with E-state index in [1.54, 1.807) is 30.5 Å². The molecular weight excluding hydrogens is 342 g/mol. The fourth-order valence-corrected chi connectivity index (χ4v) is 2.46. The van der Waals surface area contributed by atoms with Crippen molar-refractivity contribution in [2.45, 2.75) is 13.8 Å². The minimum atomic E-state index is -0.131. The smallest absolute Gasteiger partial charge is 0.229 e. The summed E-state index contributed by atoms with van der Waals surface area (Å²) in [6, 6.07) is 16.2. The van der Waals surface area contributed by atoms with E-state index >= 15 is 0 Å². The Kier molecular flexibility index (Phi) is 5.41. The average molecular weight is 361 g/mol. The summed E-state index contributed by atoms with van der Waals surface area (Å²) in [7, 11) is 0. The lowest BCUT2D eigenvalue weighted by atomic mass is 10.1. The van der Waals surface area contributed by atoms with Crippen LogP contribution in [0, 0.1) is 0 Å². The van der Waals surface area contributed by atoms with Gasteiger partial charge in [0.25, 0.3) is 0 Å². The van der Waals surface area contributed by atoms with Crippen molar-refractivity contribution in [3.63, 3.8) is 0 Å². The van der Waals surface area contributed by atoms with Gasteiger partial charge < -0.3 is 16.0 Å². The van der Waals surface area contributed by atoms with Crippen LogP contribution < -0.4 is 16.0 Å². The third-order valence-electron chi connectivity index (χ3n) is 3.64. The lowest BCUT2D eigenvalue weighted by molar-refractivity contribution is -0.114. The van der Waals surface area contributed by atoms with Gasteiger partial charge in [-0.25, -0.2) is 4.98 Å². The van der Waals surface area contributed by atoms with Gasteiger partial charge >= 0.3 is 0 Å². The number of aromatic nitrogens is 2. The van der Waals surface area contributed by atoms with Crippen molar-refractivity contribution in [1.29, 1.82) is 0 Å². The number of anilines is 5. The molecule has 3 aromatic rings. The Morgan fingerprint density at radius 1 is 0.852 bits per heavy atom. The minimum absolute atomic E-state index is 0.00552. The van der Waals surface area contributed by atoms with Gasteiger partial charge in [0.15, 0.2) is 5.78 Å². The SMILES string of the molecule is CC(=O)Nc1cccc(Nc2ccnc(Nc3cccc(C(C)=O)c3)n2)c1.